The maximum Gasteiger partial charge on any atom is 0.247 e. The Morgan fingerprint density at radius 3 is 2.67 bits per heavy atom. The third kappa shape index (κ3) is 3.61. The standard InChI is InChI=1S/C20H16FN5O3S/c1-26-18(16-10-27-14-4-2-3-5-15(14)28-16)23-25-20(26)30-11-17-22-24-19(29-17)12-6-8-13(21)9-7-12/h2-9,16H,10-11H2,1H3/t16-/m0/s1. The number of benzene rings is 2. The van der Waals surface area contributed by atoms with Gasteiger partial charge in [0.15, 0.2) is 28.6 Å². The van der Waals surface area contributed by atoms with Gasteiger partial charge < -0.3 is 18.5 Å². The Morgan fingerprint density at radius 1 is 1.03 bits per heavy atom. The number of halogens is 1. The van der Waals surface area contributed by atoms with E-state index in [-0.39, 0.29) is 11.9 Å². The SMILES string of the molecule is Cn1c(SCc2nnc(-c3ccc(F)cc3)o2)nnc1[C@@H]1COc2ccccc2O1. The summed E-state index contributed by atoms with van der Waals surface area (Å²) in [6.07, 6.45) is -0.347. The second-order valence-corrected chi connectivity index (χ2v) is 7.50. The Labute approximate surface area is 175 Å². The lowest BCUT2D eigenvalue weighted by Crippen LogP contribution is -2.24. The van der Waals surface area contributed by atoms with E-state index in [1.54, 1.807) is 12.1 Å². The van der Waals surface area contributed by atoms with E-state index in [9.17, 15) is 4.39 Å². The summed E-state index contributed by atoms with van der Waals surface area (Å²) < 4.78 is 32.4. The van der Waals surface area contributed by atoms with Crippen LogP contribution < -0.4 is 9.47 Å². The Bertz CT molecular complexity index is 1180. The smallest absolute Gasteiger partial charge is 0.247 e. The summed E-state index contributed by atoms with van der Waals surface area (Å²) in [5, 5.41) is 17.3. The van der Waals surface area contributed by atoms with Crippen molar-refractivity contribution in [1.82, 2.24) is 25.0 Å². The molecule has 0 radical (unpaired) electrons. The van der Waals surface area contributed by atoms with Crippen LogP contribution in [0, 0.1) is 5.82 Å². The number of hydrogen-bond acceptors (Lipinski definition) is 8. The molecular weight excluding hydrogens is 409 g/mol. The molecule has 4 aromatic rings. The zero-order valence-corrected chi connectivity index (χ0v) is 16.7. The molecule has 0 aliphatic carbocycles. The number of hydrogen-bond donors (Lipinski definition) is 0. The predicted molar refractivity (Wildman–Crippen MR) is 106 cm³/mol. The summed E-state index contributed by atoms with van der Waals surface area (Å²) in [4.78, 5) is 0. The van der Waals surface area contributed by atoms with Gasteiger partial charge in [0, 0.05) is 12.6 Å². The van der Waals surface area contributed by atoms with Gasteiger partial charge in [-0.15, -0.1) is 20.4 Å². The zero-order valence-electron chi connectivity index (χ0n) is 15.9. The first kappa shape index (κ1) is 18.6. The molecule has 0 amide bonds. The van der Waals surface area contributed by atoms with Gasteiger partial charge in [-0.2, -0.15) is 0 Å². The fraction of sp³-hybridized carbons (Fsp3) is 0.200. The van der Waals surface area contributed by atoms with Crippen molar-refractivity contribution in [1.29, 1.82) is 0 Å². The number of aromatic nitrogens is 5. The summed E-state index contributed by atoms with van der Waals surface area (Å²) in [7, 11) is 1.87. The number of ether oxygens (including phenoxy) is 2. The highest BCUT2D eigenvalue weighted by molar-refractivity contribution is 7.98. The highest BCUT2D eigenvalue weighted by atomic mass is 32.2. The average Bonchev–Trinajstić information content (AvgIpc) is 3.39. The fourth-order valence-corrected chi connectivity index (χ4v) is 3.78. The van der Waals surface area contributed by atoms with E-state index < -0.39 is 0 Å². The molecule has 0 fully saturated rings. The normalized spacial score (nSPS) is 15.3. The average molecular weight is 425 g/mol. The van der Waals surface area contributed by atoms with Crippen molar-refractivity contribution >= 4 is 11.8 Å². The van der Waals surface area contributed by atoms with Crippen molar-refractivity contribution in [3.63, 3.8) is 0 Å². The topological polar surface area (TPSA) is 88.1 Å². The van der Waals surface area contributed by atoms with Crippen LogP contribution in [-0.2, 0) is 12.8 Å². The van der Waals surface area contributed by atoms with Gasteiger partial charge in [-0.25, -0.2) is 4.39 Å². The second kappa shape index (κ2) is 7.79. The van der Waals surface area contributed by atoms with Crippen LogP contribution in [0.2, 0.25) is 0 Å². The van der Waals surface area contributed by atoms with Crippen LogP contribution in [0.3, 0.4) is 0 Å². The van der Waals surface area contributed by atoms with E-state index in [0.717, 1.165) is 5.75 Å². The highest BCUT2D eigenvalue weighted by Crippen LogP contribution is 2.36. The summed E-state index contributed by atoms with van der Waals surface area (Å²) in [5.74, 6) is 2.97. The molecular formula is C20H16FN5O3S. The quantitative estimate of drug-likeness (QED) is 0.446. The number of para-hydroxylation sites is 2. The molecule has 0 saturated carbocycles. The molecule has 30 heavy (non-hydrogen) atoms. The van der Waals surface area contributed by atoms with E-state index in [0.29, 0.717) is 46.4 Å². The van der Waals surface area contributed by atoms with Gasteiger partial charge in [0.2, 0.25) is 11.8 Å². The Balaban J connectivity index is 1.26. The fourth-order valence-electron chi connectivity index (χ4n) is 3.03. The molecule has 0 N–H and O–H groups in total. The van der Waals surface area contributed by atoms with E-state index >= 15 is 0 Å². The Kier molecular flexibility index (Phi) is 4.83. The van der Waals surface area contributed by atoms with Gasteiger partial charge in [-0.1, -0.05) is 23.9 Å². The minimum absolute atomic E-state index is 0.317. The molecule has 1 aliphatic heterocycles. The van der Waals surface area contributed by atoms with Crippen LogP contribution in [0.15, 0.2) is 58.1 Å². The van der Waals surface area contributed by atoms with E-state index in [4.69, 9.17) is 13.9 Å². The van der Waals surface area contributed by atoms with Crippen molar-refractivity contribution in [3.8, 4) is 23.0 Å². The monoisotopic (exact) mass is 425 g/mol. The van der Waals surface area contributed by atoms with Crippen molar-refractivity contribution in [3.05, 3.63) is 66.1 Å². The molecule has 5 rings (SSSR count). The van der Waals surface area contributed by atoms with Crippen LogP contribution in [0.4, 0.5) is 4.39 Å². The van der Waals surface area contributed by atoms with Crippen molar-refractivity contribution in [2.75, 3.05) is 6.61 Å². The Morgan fingerprint density at radius 2 is 1.83 bits per heavy atom. The first-order valence-corrected chi connectivity index (χ1v) is 10.1. The van der Waals surface area contributed by atoms with Crippen LogP contribution >= 0.6 is 11.8 Å². The number of thioether (sulfide) groups is 1. The Hall–Kier alpha value is -3.40. The molecule has 0 spiro atoms. The molecule has 0 bridgehead atoms. The summed E-state index contributed by atoms with van der Waals surface area (Å²) in [6, 6.07) is 13.4. The van der Waals surface area contributed by atoms with Gasteiger partial charge in [-0.3, -0.25) is 0 Å². The van der Waals surface area contributed by atoms with E-state index in [1.807, 2.05) is 35.9 Å². The minimum atomic E-state index is -0.347. The summed E-state index contributed by atoms with van der Waals surface area (Å²) >= 11 is 1.42. The zero-order chi connectivity index (χ0) is 20.5. The first-order chi connectivity index (χ1) is 14.7. The van der Waals surface area contributed by atoms with Crippen LogP contribution in [0.25, 0.3) is 11.5 Å². The minimum Gasteiger partial charge on any atom is -0.485 e. The van der Waals surface area contributed by atoms with E-state index in [1.165, 1.54) is 23.9 Å². The van der Waals surface area contributed by atoms with Gasteiger partial charge >= 0.3 is 0 Å². The third-order valence-corrected chi connectivity index (χ3v) is 5.55. The lowest BCUT2D eigenvalue weighted by molar-refractivity contribution is 0.0825. The van der Waals surface area contributed by atoms with Crippen LogP contribution in [-0.4, -0.2) is 31.6 Å². The molecule has 8 nitrogen and oxygen atoms in total. The summed E-state index contributed by atoms with van der Waals surface area (Å²) in [6.45, 7) is 0.359. The molecule has 1 aliphatic rings. The van der Waals surface area contributed by atoms with Crippen molar-refractivity contribution in [2.45, 2.75) is 17.0 Å². The molecule has 10 heteroatoms. The van der Waals surface area contributed by atoms with E-state index in [2.05, 4.69) is 20.4 Å². The van der Waals surface area contributed by atoms with Crippen LogP contribution in [0.1, 0.15) is 17.8 Å². The van der Waals surface area contributed by atoms with Gasteiger partial charge in [0.1, 0.15) is 12.4 Å². The maximum atomic E-state index is 13.1. The highest BCUT2D eigenvalue weighted by Gasteiger charge is 2.27. The van der Waals surface area contributed by atoms with Gasteiger partial charge in [-0.05, 0) is 36.4 Å². The molecule has 0 unspecified atom stereocenters. The van der Waals surface area contributed by atoms with Gasteiger partial charge in [0.05, 0.1) is 5.75 Å². The molecule has 1 atom stereocenters. The van der Waals surface area contributed by atoms with Crippen LogP contribution in [0.5, 0.6) is 11.5 Å². The number of fused-ring (bicyclic) bond motifs is 1. The number of nitrogens with zero attached hydrogens (tertiary/aromatic N) is 5. The lowest BCUT2D eigenvalue weighted by Gasteiger charge is -2.25. The largest absolute Gasteiger partial charge is 0.485 e. The molecule has 2 aromatic carbocycles. The second-order valence-electron chi connectivity index (χ2n) is 6.56. The molecule has 2 aromatic heterocycles. The predicted octanol–water partition coefficient (Wildman–Crippen LogP) is 3.81. The summed E-state index contributed by atoms with van der Waals surface area (Å²) in [5.41, 5.74) is 0.663. The molecule has 3 heterocycles. The number of rotatable bonds is 5. The van der Waals surface area contributed by atoms with Crippen molar-refractivity contribution < 1.29 is 18.3 Å². The van der Waals surface area contributed by atoms with Crippen molar-refractivity contribution in [2.24, 2.45) is 7.05 Å². The third-order valence-electron chi connectivity index (χ3n) is 4.55. The van der Waals surface area contributed by atoms with Gasteiger partial charge in [0.25, 0.3) is 0 Å². The first-order valence-electron chi connectivity index (χ1n) is 9.16. The lowest BCUT2D eigenvalue weighted by atomic mass is 10.2. The molecule has 0 saturated heterocycles. The maximum absolute atomic E-state index is 13.1. The molecule has 152 valence electrons.